The number of primary amides is 1. The first kappa shape index (κ1) is 14.6. The smallest absolute Gasteiger partial charge is 0.225 e. The Kier molecular flexibility index (Phi) is 3.04. The maximum Gasteiger partial charge on any atom is 0.225 e. The van der Waals surface area contributed by atoms with E-state index >= 15 is 0 Å². The van der Waals surface area contributed by atoms with Gasteiger partial charge in [-0.1, -0.05) is 55.5 Å². The molecule has 2 aliphatic rings. The quantitative estimate of drug-likeness (QED) is 0.940. The highest BCUT2D eigenvalue weighted by Crippen LogP contribution is 2.63. The summed E-state index contributed by atoms with van der Waals surface area (Å²) in [7, 11) is 0. The standard InChI is InChI=1S/C17H20N4OS/c1-16(2)9-17(14(18)22)10-21(8-12(16)17)15-20-19-13(23-15)11-6-4-3-5-7-11/h3-7,12H,8-10H2,1-2H3,(H2,18,22)/t12-,17+/m1/s1. The van der Waals surface area contributed by atoms with Crippen molar-refractivity contribution < 1.29 is 4.79 Å². The van der Waals surface area contributed by atoms with Gasteiger partial charge in [-0.05, 0) is 17.8 Å². The molecule has 0 bridgehead atoms. The summed E-state index contributed by atoms with van der Waals surface area (Å²) in [6.45, 7) is 5.94. The van der Waals surface area contributed by atoms with Crippen molar-refractivity contribution in [1.82, 2.24) is 10.2 Å². The van der Waals surface area contributed by atoms with Crippen molar-refractivity contribution in [2.24, 2.45) is 22.5 Å². The van der Waals surface area contributed by atoms with Crippen LogP contribution in [-0.4, -0.2) is 29.2 Å². The van der Waals surface area contributed by atoms with Gasteiger partial charge in [0, 0.05) is 18.7 Å². The molecule has 0 spiro atoms. The minimum atomic E-state index is -0.387. The minimum Gasteiger partial charge on any atom is -0.369 e. The van der Waals surface area contributed by atoms with E-state index in [1.54, 1.807) is 11.3 Å². The Bertz CT molecular complexity index is 757. The van der Waals surface area contributed by atoms with Crippen LogP contribution in [0.2, 0.25) is 0 Å². The van der Waals surface area contributed by atoms with E-state index in [4.69, 9.17) is 5.73 Å². The molecule has 1 saturated carbocycles. The van der Waals surface area contributed by atoms with Crippen molar-refractivity contribution in [3.63, 3.8) is 0 Å². The van der Waals surface area contributed by atoms with Gasteiger partial charge in [-0.2, -0.15) is 0 Å². The monoisotopic (exact) mass is 328 g/mol. The molecule has 1 amide bonds. The molecule has 1 aliphatic carbocycles. The first-order valence-corrected chi connectivity index (χ1v) is 8.68. The fourth-order valence-electron chi connectivity index (χ4n) is 4.41. The molecule has 1 saturated heterocycles. The number of amides is 1. The van der Waals surface area contributed by atoms with E-state index in [-0.39, 0.29) is 16.7 Å². The molecule has 0 unspecified atom stereocenters. The Morgan fingerprint density at radius 1 is 1.30 bits per heavy atom. The number of carbonyl (C=O) groups excluding carboxylic acids is 1. The topological polar surface area (TPSA) is 72.1 Å². The van der Waals surface area contributed by atoms with Gasteiger partial charge in [0.1, 0.15) is 5.01 Å². The van der Waals surface area contributed by atoms with Crippen LogP contribution in [0.4, 0.5) is 5.13 Å². The number of nitrogens with zero attached hydrogens (tertiary/aromatic N) is 3. The summed E-state index contributed by atoms with van der Waals surface area (Å²) in [4.78, 5) is 14.2. The lowest BCUT2D eigenvalue weighted by Crippen LogP contribution is -2.59. The number of aromatic nitrogens is 2. The molecule has 1 aromatic heterocycles. The number of carbonyl (C=O) groups is 1. The first-order chi connectivity index (χ1) is 10.9. The second-order valence-corrected chi connectivity index (χ2v) is 8.33. The average Bonchev–Trinajstić information content (AvgIpc) is 3.11. The van der Waals surface area contributed by atoms with Crippen LogP contribution in [-0.2, 0) is 4.79 Å². The Balaban J connectivity index is 1.61. The van der Waals surface area contributed by atoms with Crippen LogP contribution in [0.5, 0.6) is 0 Å². The number of rotatable bonds is 3. The average molecular weight is 328 g/mol. The molecule has 1 aromatic carbocycles. The van der Waals surface area contributed by atoms with Gasteiger partial charge < -0.3 is 10.6 Å². The minimum absolute atomic E-state index is 0.163. The lowest BCUT2D eigenvalue weighted by atomic mass is 9.48. The molecule has 2 fully saturated rings. The lowest BCUT2D eigenvalue weighted by molar-refractivity contribution is -0.148. The lowest BCUT2D eigenvalue weighted by Gasteiger charge is -2.54. The highest BCUT2D eigenvalue weighted by atomic mass is 32.1. The zero-order valence-electron chi connectivity index (χ0n) is 13.3. The molecule has 6 heteroatoms. The van der Waals surface area contributed by atoms with Gasteiger partial charge in [0.15, 0.2) is 0 Å². The van der Waals surface area contributed by atoms with Crippen LogP contribution in [0.1, 0.15) is 20.3 Å². The molecule has 23 heavy (non-hydrogen) atoms. The molecular formula is C17H20N4OS. The number of hydrogen-bond donors (Lipinski definition) is 1. The van der Waals surface area contributed by atoms with Crippen LogP contribution < -0.4 is 10.6 Å². The fraction of sp³-hybridized carbons (Fsp3) is 0.471. The highest BCUT2D eigenvalue weighted by Gasteiger charge is 2.66. The molecule has 2 heterocycles. The van der Waals surface area contributed by atoms with Crippen molar-refractivity contribution in [2.75, 3.05) is 18.0 Å². The second-order valence-electron chi connectivity index (χ2n) is 7.37. The van der Waals surface area contributed by atoms with Crippen LogP contribution in [0.25, 0.3) is 10.6 Å². The predicted octanol–water partition coefficient (Wildman–Crippen LogP) is 2.54. The number of anilines is 1. The Hall–Kier alpha value is -1.95. The molecule has 4 rings (SSSR count). The zero-order valence-corrected chi connectivity index (χ0v) is 14.1. The first-order valence-electron chi connectivity index (χ1n) is 7.86. The van der Waals surface area contributed by atoms with E-state index in [2.05, 4.69) is 28.9 Å². The third kappa shape index (κ3) is 2.08. The highest BCUT2D eigenvalue weighted by molar-refractivity contribution is 7.18. The van der Waals surface area contributed by atoms with E-state index in [9.17, 15) is 4.79 Å². The molecule has 120 valence electrons. The number of nitrogens with two attached hydrogens (primary N) is 1. The van der Waals surface area contributed by atoms with Gasteiger partial charge in [0.25, 0.3) is 0 Å². The molecule has 1 aliphatic heterocycles. The SMILES string of the molecule is CC1(C)C[C@]2(C(N)=O)CN(c3nnc(-c4ccccc4)s3)C[C@H]12. The Labute approximate surface area is 139 Å². The van der Waals surface area contributed by atoms with Crippen molar-refractivity contribution in [3.8, 4) is 10.6 Å². The fourth-order valence-corrected chi connectivity index (χ4v) is 5.27. The second kappa shape index (κ2) is 4.77. The van der Waals surface area contributed by atoms with E-state index < -0.39 is 0 Å². The number of benzene rings is 1. The summed E-state index contributed by atoms with van der Waals surface area (Å²) in [5, 5.41) is 10.5. The molecule has 2 N–H and O–H groups in total. The summed E-state index contributed by atoms with van der Waals surface area (Å²) in [5.74, 6) is 0.133. The van der Waals surface area contributed by atoms with Gasteiger partial charge in [-0.3, -0.25) is 4.79 Å². The largest absolute Gasteiger partial charge is 0.369 e. The Morgan fingerprint density at radius 3 is 2.65 bits per heavy atom. The summed E-state index contributed by atoms with van der Waals surface area (Å²) < 4.78 is 0. The summed E-state index contributed by atoms with van der Waals surface area (Å²) in [6.07, 6.45) is 0.862. The van der Waals surface area contributed by atoms with Gasteiger partial charge in [-0.15, -0.1) is 10.2 Å². The van der Waals surface area contributed by atoms with Crippen molar-refractivity contribution in [1.29, 1.82) is 0 Å². The zero-order chi connectivity index (χ0) is 16.2. The van der Waals surface area contributed by atoms with Crippen LogP contribution in [0.3, 0.4) is 0 Å². The number of hydrogen-bond acceptors (Lipinski definition) is 5. The van der Waals surface area contributed by atoms with E-state index in [1.807, 2.05) is 30.3 Å². The summed E-state index contributed by atoms with van der Waals surface area (Å²) in [5.41, 5.74) is 6.58. The van der Waals surface area contributed by atoms with E-state index in [0.717, 1.165) is 28.7 Å². The maximum absolute atomic E-state index is 12.0. The van der Waals surface area contributed by atoms with E-state index in [1.165, 1.54) is 0 Å². The van der Waals surface area contributed by atoms with Crippen molar-refractivity contribution in [3.05, 3.63) is 30.3 Å². The van der Waals surface area contributed by atoms with Gasteiger partial charge in [0.2, 0.25) is 11.0 Å². The van der Waals surface area contributed by atoms with Gasteiger partial charge in [0.05, 0.1) is 5.41 Å². The predicted molar refractivity (Wildman–Crippen MR) is 91.1 cm³/mol. The molecule has 2 atom stereocenters. The Morgan fingerprint density at radius 2 is 2.04 bits per heavy atom. The molecule has 2 aromatic rings. The van der Waals surface area contributed by atoms with E-state index in [0.29, 0.717) is 12.5 Å². The van der Waals surface area contributed by atoms with Crippen molar-refractivity contribution >= 4 is 22.4 Å². The molecule has 5 nitrogen and oxygen atoms in total. The van der Waals surface area contributed by atoms with Crippen LogP contribution >= 0.6 is 11.3 Å². The van der Waals surface area contributed by atoms with Crippen LogP contribution in [0, 0.1) is 16.7 Å². The van der Waals surface area contributed by atoms with Gasteiger partial charge >= 0.3 is 0 Å². The number of fused-ring (bicyclic) bond motifs is 1. The maximum atomic E-state index is 12.0. The molecular weight excluding hydrogens is 308 g/mol. The summed E-state index contributed by atoms with van der Waals surface area (Å²) >= 11 is 1.58. The van der Waals surface area contributed by atoms with Crippen molar-refractivity contribution in [2.45, 2.75) is 20.3 Å². The van der Waals surface area contributed by atoms with Gasteiger partial charge in [-0.25, -0.2) is 0 Å². The normalized spacial score (nSPS) is 28.3. The third-order valence-electron chi connectivity index (χ3n) is 5.45. The molecule has 0 radical (unpaired) electrons. The third-order valence-corrected chi connectivity index (χ3v) is 6.49. The summed E-state index contributed by atoms with van der Waals surface area (Å²) in [6, 6.07) is 10.1. The van der Waals surface area contributed by atoms with Crippen LogP contribution in [0.15, 0.2) is 30.3 Å².